The normalized spacial score (nSPS) is 9.94. The van der Waals surface area contributed by atoms with Gasteiger partial charge in [0.05, 0.1) is 6.54 Å². The van der Waals surface area contributed by atoms with Crippen LogP contribution in [0.3, 0.4) is 0 Å². The summed E-state index contributed by atoms with van der Waals surface area (Å²) in [7, 11) is 3.39. The van der Waals surface area contributed by atoms with Gasteiger partial charge in [0.15, 0.2) is 11.9 Å². The van der Waals surface area contributed by atoms with E-state index in [-0.39, 0.29) is 11.9 Å². The van der Waals surface area contributed by atoms with Crippen molar-refractivity contribution in [1.29, 1.82) is 10.8 Å². The van der Waals surface area contributed by atoms with Gasteiger partial charge in [0.2, 0.25) is 0 Å². The molecule has 1 heterocycles. The van der Waals surface area contributed by atoms with E-state index in [2.05, 4.69) is 4.98 Å². The summed E-state index contributed by atoms with van der Waals surface area (Å²) >= 11 is 0. The third-order valence-corrected chi connectivity index (χ3v) is 2.34. The highest BCUT2D eigenvalue weighted by Crippen LogP contribution is 2.04. The van der Waals surface area contributed by atoms with Crippen LogP contribution in [-0.2, 0) is 6.54 Å². The highest BCUT2D eigenvalue weighted by Gasteiger charge is 2.12. The molecule has 1 aromatic rings. The maximum atomic E-state index is 7.80. The van der Waals surface area contributed by atoms with Gasteiger partial charge in [0.1, 0.15) is 0 Å². The molecule has 0 aliphatic rings. The Labute approximate surface area is 95.1 Å². The number of aromatic amines is 1. The smallest absolute Gasteiger partial charge is 0.200 e. The number of aromatic nitrogens is 1. The zero-order valence-corrected chi connectivity index (χ0v) is 9.83. The zero-order valence-electron chi connectivity index (χ0n) is 9.83. The van der Waals surface area contributed by atoms with E-state index in [9.17, 15) is 0 Å². The standard InChI is InChI=1S/C10H18N6/c1-7-4-5-8(14-7)6-15(2)10(13)16(3)9(11)12/h4-5,13-14H,6H2,1-3H3,(H3,11,12). The van der Waals surface area contributed by atoms with Crippen molar-refractivity contribution >= 4 is 11.9 Å². The van der Waals surface area contributed by atoms with Gasteiger partial charge < -0.3 is 15.6 Å². The van der Waals surface area contributed by atoms with Crippen LogP contribution in [0.4, 0.5) is 0 Å². The Balaban J connectivity index is 2.62. The van der Waals surface area contributed by atoms with Gasteiger partial charge in [-0.25, -0.2) is 0 Å². The number of nitrogens with one attached hydrogen (secondary N) is 3. The SMILES string of the molecule is Cc1ccc(CN(C)C(=N)N(C)C(=N)N)[nH]1. The van der Waals surface area contributed by atoms with Crippen LogP contribution >= 0.6 is 0 Å². The summed E-state index contributed by atoms with van der Waals surface area (Å²) in [6.07, 6.45) is 0. The van der Waals surface area contributed by atoms with Gasteiger partial charge in [-0.2, -0.15) is 0 Å². The third-order valence-electron chi connectivity index (χ3n) is 2.34. The number of guanidine groups is 2. The van der Waals surface area contributed by atoms with Gasteiger partial charge in [-0.05, 0) is 19.1 Å². The molecule has 0 aliphatic carbocycles. The molecule has 6 heteroatoms. The Morgan fingerprint density at radius 3 is 2.44 bits per heavy atom. The monoisotopic (exact) mass is 222 g/mol. The molecule has 0 amide bonds. The lowest BCUT2D eigenvalue weighted by atomic mass is 10.4. The molecule has 1 rings (SSSR count). The Hall–Kier alpha value is -1.98. The van der Waals surface area contributed by atoms with Crippen LogP contribution in [0.25, 0.3) is 0 Å². The minimum Gasteiger partial charge on any atom is -0.370 e. The van der Waals surface area contributed by atoms with Crippen molar-refractivity contribution in [1.82, 2.24) is 14.8 Å². The van der Waals surface area contributed by atoms with Crippen molar-refractivity contribution in [2.75, 3.05) is 14.1 Å². The van der Waals surface area contributed by atoms with Crippen LogP contribution in [-0.4, -0.2) is 40.8 Å². The molecule has 0 saturated carbocycles. The first kappa shape index (κ1) is 12.1. The fourth-order valence-corrected chi connectivity index (χ4v) is 1.35. The molecule has 0 bridgehead atoms. The molecule has 0 saturated heterocycles. The number of hydrogen-bond donors (Lipinski definition) is 4. The highest BCUT2D eigenvalue weighted by molar-refractivity contribution is 5.94. The molecule has 16 heavy (non-hydrogen) atoms. The maximum absolute atomic E-state index is 7.80. The summed E-state index contributed by atoms with van der Waals surface area (Å²) in [4.78, 5) is 6.22. The Morgan fingerprint density at radius 2 is 2.00 bits per heavy atom. The van der Waals surface area contributed by atoms with E-state index < -0.39 is 0 Å². The van der Waals surface area contributed by atoms with Crippen LogP contribution < -0.4 is 5.73 Å². The predicted octanol–water partition coefficient (Wildman–Crippen LogP) is 0.515. The summed E-state index contributed by atoms with van der Waals surface area (Å²) < 4.78 is 0. The van der Waals surface area contributed by atoms with Crippen molar-refractivity contribution in [3.8, 4) is 0 Å². The molecule has 0 unspecified atom stereocenters. The van der Waals surface area contributed by atoms with Gasteiger partial charge in [0, 0.05) is 25.5 Å². The lowest BCUT2D eigenvalue weighted by Crippen LogP contribution is -2.45. The second-order valence-corrected chi connectivity index (χ2v) is 3.79. The van der Waals surface area contributed by atoms with Crippen molar-refractivity contribution in [2.24, 2.45) is 5.73 Å². The molecular weight excluding hydrogens is 204 g/mol. The fraction of sp³-hybridized carbons (Fsp3) is 0.400. The van der Waals surface area contributed by atoms with E-state index in [1.165, 1.54) is 4.90 Å². The molecule has 0 aliphatic heterocycles. The van der Waals surface area contributed by atoms with E-state index in [0.717, 1.165) is 11.4 Å². The minimum atomic E-state index is -0.139. The Morgan fingerprint density at radius 1 is 1.38 bits per heavy atom. The minimum absolute atomic E-state index is 0.139. The van der Waals surface area contributed by atoms with Gasteiger partial charge in [0.25, 0.3) is 0 Å². The highest BCUT2D eigenvalue weighted by atomic mass is 15.4. The summed E-state index contributed by atoms with van der Waals surface area (Å²) in [6, 6.07) is 3.97. The molecule has 0 fully saturated rings. The third kappa shape index (κ3) is 2.75. The maximum Gasteiger partial charge on any atom is 0.200 e. The molecule has 6 nitrogen and oxygen atoms in total. The molecule has 0 aromatic carbocycles. The first-order valence-electron chi connectivity index (χ1n) is 4.93. The number of nitrogens with zero attached hydrogens (tertiary/aromatic N) is 2. The molecule has 0 atom stereocenters. The van der Waals surface area contributed by atoms with E-state index in [4.69, 9.17) is 16.6 Å². The van der Waals surface area contributed by atoms with Crippen molar-refractivity contribution < 1.29 is 0 Å². The summed E-state index contributed by atoms with van der Waals surface area (Å²) in [5.74, 6) is 0.0549. The zero-order chi connectivity index (χ0) is 12.3. The van der Waals surface area contributed by atoms with E-state index in [1.807, 2.05) is 19.1 Å². The summed E-state index contributed by atoms with van der Waals surface area (Å²) in [5, 5.41) is 15.0. The van der Waals surface area contributed by atoms with Gasteiger partial charge in [-0.1, -0.05) is 0 Å². The second kappa shape index (κ2) is 4.69. The van der Waals surface area contributed by atoms with E-state index >= 15 is 0 Å². The number of hydrogen-bond acceptors (Lipinski definition) is 2. The van der Waals surface area contributed by atoms with E-state index in [0.29, 0.717) is 6.54 Å². The van der Waals surface area contributed by atoms with Crippen LogP contribution in [0.5, 0.6) is 0 Å². The molecule has 88 valence electrons. The predicted molar refractivity (Wildman–Crippen MR) is 64.4 cm³/mol. The molecule has 0 spiro atoms. The number of nitrogens with two attached hydrogens (primary N) is 1. The van der Waals surface area contributed by atoms with Gasteiger partial charge >= 0.3 is 0 Å². The van der Waals surface area contributed by atoms with Crippen molar-refractivity contribution in [3.63, 3.8) is 0 Å². The van der Waals surface area contributed by atoms with Crippen molar-refractivity contribution in [3.05, 3.63) is 23.5 Å². The number of H-pyrrole nitrogens is 1. The van der Waals surface area contributed by atoms with Gasteiger partial charge in [-0.3, -0.25) is 15.7 Å². The number of aryl methyl sites for hydroxylation is 1. The van der Waals surface area contributed by atoms with Crippen molar-refractivity contribution in [2.45, 2.75) is 13.5 Å². The lowest BCUT2D eigenvalue weighted by molar-refractivity contribution is 0.436. The van der Waals surface area contributed by atoms with E-state index in [1.54, 1.807) is 19.0 Å². The summed E-state index contributed by atoms with van der Waals surface area (Å²) in [5.41, 5.74) is 7.43. The topological polar surface area (TPSA) is 96.0 Å². The summed E-state index contributed by atoms with van der Waals surface area (Å²) in [6.45, 7) is 2.57. The molecular formula is C10H18N6. The van der Waals surface area contributed by atoms with Crippen LogP contribution in [0, 0.1) is 17.7 Å². The van der Waals surface area contributed by atoms with Gasteiger partial charge in [-0.15, -0.1) is 0 Å². The van der Waals surface area contributed by atoms with Crippen LogP contribution in [0.2, 0.25) is 0 Å². The molecule has 5 N–H and O–H groups in total. The van der Waals surface area contributed by atoms with Crippen LogP contribution in [0.15, 0.2) is 12.1 Å². The number of rotatable bonds is 2. The Kier molecular flexibility index (Phi) is 3.55. The molecule has 0 radical (unpaired) electrons. The average molecular weight is 222 g/mol. The molecule has 1 aromatic heterocycles. The quantitative estimate of drug-likeness (QED) is 0.434. The first-order chi connectivity index (χ1) is 7.41. The lowest BCUT2D eigenvalue weighted by Gasteiger charge is -2.26. The van der Waals surface area contributed by atoms with Crippen LogP contribution in [0.1, 0.15) is 11.4 Å². The largest absolute Gasteiger partial charge is 0.370 e. The Bertz CT molecular complexity index is 394. The first-order valence-corrected chi connectivity index (χ1v) is 4.93. The fourth-order valence-electron chi connectivity index (χ4n) is 1.35. The second-order valence-electron chi connectivity index (χ2n) is 3.79. The average Bonchev–Trinajstić information content (AvgIpc) is 2.61.